The molecule has 0 aromatic heterocycles. The highest BCUT2D eigenvalue weighted by molar-refractivity contribution is 5.71. The van der Waals surface area contributed by atoms with Crippen molar-refractivity contribution in [3.63, 3.8) is 0 Å². The van der Waals surface area contributed by atoms with Gasteiger partial charge < -0.3 is 14.2 Å². The molecule has 0 N–H and O–H groups in total. The molecule has 0 saturated heterocycles. The minimum absolute atomic E-state index is 0.0996. The molecule has 0 heterocycles. The number of allylic oxidation sites excluding steroid dienone is 26. The fraction of sp³-hybridized carbons (Fsp3) is 0.608. The van der Waals surface area contributed by atoms with Gasteiger partial charge >= 0.3 is 17.9 Å². The van der Waals surface area contributed by atoms with Gasteiger partial charge in [0.2, 0.25) is 0 Å². The first-order chi connectivity index (χ1) is 39.5. The Morgan fingerprint density at radius 3 is 0.762 bits per heavy atom. The zero-order valence-corrected chi connectivity index (χ0v) is 51.5. The van der Waals surface area contributed by atoms with E-state index in [1.54, 1.807) is 0 Å². The summed E-state index contributed by atoms with van der Waals surface area (Å²) >= 11 is 0. The van der Waals surface area contributed by atoms with E-state index in [9.17, 15) is 14.4 Å². The summed E-state index contributed by atoms with van der Waals surface area (Å²) < 4.78 is 16.9. The van der Waals surface area contributed by atoms with Crippen molar-refractivity contribution in [2.45, 2.75) is 277 Å². The van der Waals surface area contributed by atoms with Gasteiger partial charge in [-0.2, -0.15) is 0 Å². The number of esters is 3. The van der Waals surface area contributed by atoms with E-state index in [2.05, 4.69) is 179 Å². The van der Waals surface area contributed by atoms with Crippen LogP contribution >= 0.6 is 0 Å². The molecule has 0 spiro atoms. The van der Waals surface area contributed by atoms with Crippen molar-refractivity contribution in [2.75, 3.05) is 13.2 Å². The standard InChI is InChI=1S/C74H118O6/c1-4-7-10-13-16-19-22-25-28-29-30-31-32-33-34-35-36-37-38-39-40-41-42-43-44-45-47-49-52-55-58-61-64-67-73(76)79-70-71(69-78-72(75)66-63-60-57-54-51-48-27-24-21-18-15-12-9-6-3)80-74(77)68-65-62-59-56-53-50-46-26-23-20-17-14-11-8-5-2/h7-8,10-11,15-20,24-28,30-31,33-34,36-37,39-40,42-43,46,71H,4-6,9,12-14,21-23,29,32,35,38,41,44-45,47-70H2,1-3H3/b10-7-,11-8-,18-15-,19-16-,20-17-,27-24-,28-25-,31-30-,34-33-,37-36-,40-39-,43-42-,46-26-. The molecule has 0 bridgehead atoms. The second kappa shape index (κ2) is 66.5. The number of unbranched alkanes of at least 4 members (excludes halogenated alkanes) is 20. The SMILES string of the molecule is CC/C=C\C/C=C\C/C=C\C/C=C\C/C=C\C/C=C\C/C=C\C/C=C\CCCCCCCCCCC(=O)OCC(COC(=O)CCCCCCC/C=C\C/C=C\CCCC)OC(=O)CCCCCCC/C=C\C/C=C\C/C=C\CC. The van der Waals surface area contributed by atoms with Gasteiger partial charge in [-0.05, 0) is 141 Å². The Morgan fingerprint density at radius 2 is 0.487 bits per heavy atom. The molecule has 0 radical (unpaired) electrons. The van der Waals surface area contributed by atoms with Crippen molar-refractivity contribution < 1.29 is 28.6 Å². The van der Waals surface area contributed by atoms with E-state index in [1.807, 2.05) is 0 Å². The predicted octanol–water partition coefficient (Wildman–Crippen LogP) is 22.5. The maximum Gasteiger partial charge on any atom is 0.306 e. The van der Waals surface area contributed by atoms with Gasteiger partial charge in [0, 0.05) is 19.3 Å². The Hall–Kier alpha value is -4.97. The highest BCUT2D eigenvalue weighted by Gasteiger charge is 2.19. The molecule has 1 unspecified atom stereocenters. The van der Waals surface area contributed by atoms with E-state index in [0.717, 1.165) is 180 Å². The number of carbonyl (C=O) groups is 3. The largest absolute Gasteiger partial charge is 0.462 e. The van der Waals surface area contributed by atoms with Crippen LogP contribution in [0.4, 0.5) is 0 Å². The smallest absolute Gasteiger partial charge is 0.306 e. The highest BCUT2D eigenvalue weighted by Crippen LogP contribution is 2.14. The van der Waals surface area contributed by atoms with E-state index in [0.29, 0.717) is 19.3 Å². The van der Waals surface area contributed by atoms with Crippen molar-refractivity contribution in [1.82, 2.24) is 0 Å². The third-order valence-electron chi connectivity index (χ3n) is 13.2. The van der Waals surface area contributed by atoms with E-state index < -0.39 is 6.10 Å². The van der Waals surface area contributed by atoms with Crippen LogP contribution in [0.25, 0.3) is 0 Å². The van der Waals surface area contributed by atoms with Crippen molar-refractivity contribution in [1.29, 1.82) is 0 Å². The van der Waals surface area contributed by atoms with Crippen molar-refractivity contribution in [3.8, 4) is 0 Å². The minimum Gasteiger partial charge on any atom is -0.462 e. The third-order valence-corrected chi connectivity index (χ3v) is 13.2. The second-order valence-corrected chi connectivity index (χ2v) is 20.9. The van der Waals surface area contributed by atoms with E-state index in [4.69, 9.17) is 14.2 Å². The molecule has 0 saturated carbocycles. The van der Waals surface area contributed by atoms with Crippen LogP contribution in [0.15, 0.2) is 158 Å². The highest BCUT2D eigenvalue weighted by atomic mass is 16.6. The van der Waals surface area contributed by atoms with E-state index >= 15 is 0 Å². The Bertz CT molecular complexity index is 1790. The topological polar surface area (TPSA) is 78.9 Å². The van der Waals surface area contributed by atoms with Crippen LogP contribution in [0, 0.1) is 0 Å². The molecule has 6 nitrogen and oxygen atoms in total. The Morgan fingerprint density at radius 1 is 0.263 bits per heavy atom. The first-order valence-electron chi connectivity index (χ1n) is 32.5. The average Bonchev–Trinajstić information content (AvgIpc) is 3.46. The monoisotopic (exact) mass is 1100 g/mol. The van der Waals surface area contributed by atoms with Gasteiger partial charge in [0.1, 0.15) is 13.2 Å². The molecule has 0 amide bonds. The molecule has 0 fully saturated rings. The molecule has 0 aliphatic rings. The second-order valence-electron chi connectivity index (χ2n) is 20.9. The number of rotatable bonds is 57. The summed E-state index contributed by atoms with van der Waals surface area (Å²) in [6, 6.07) is 0. The first-order valence-corrected chi connectivity index (χ1v) is 32.5. The van der Waals surface area contributed by atoms with Gasteiger partial charge in [-0.15, -0.1) is 0 Å². The lowest BCUT2D eigenvalue weighted by atomic mass is 10.1. The molecular formula is C74H118O6. The summed E-state index contributed by atoms with van der Waals surface area (Å²) in [5, 5.41) is 0. The number of ether oxygens (including phenoxy) is 3. The summed E-state index contributed by atoms with van der Waals surface area (Å²) in [4.78, 5) is 38.3. The molecule has 1 atom stereocenters. The van der Waals surface area contributed by atoms with Crippen LogP contribution in [0.5, 0.6) is 0 Å². The van der Waals surface area contributed by atoms with Crippen LogP contribution in [-0.4, -0.2) is 37.2 Å². The quantitative estimate of drug-likeness (QED) is 0.0261. The lowest BCUT2D eigenvalue weighted by Gasteiger charge is -2.18. The minimum atomic E-state index is -0.804. The van der Waals surface area contributed by atoms with E-state index in [1.165, 1.54) is 51.4 Å². The van der Waals surface area contributed by atoms with Crippen LogP contribution in [0.3, 0.4) is 0 Å². The summed E-state index contributed by atoms with van der Waals surface area (Å²) in [7, 11) is 0. The molecule has 0 aliphatic heterocycles. The van der Waals surface area contributed by atoms with Gasteiger partial charge in [-0.25, -0.2) is 0 Å². The first kappa shape index (κ1) is 75.0. The predicted molar refractivity (Wildman–Crippen MR) is 348 cm³/mol. The lowest BCUT2D eigenvalue weighted by Crippen LogP contribution is -2.30. The van der Waals surface area contributed by atoms with Gasteiger partial charge in [0.15, 0.2) is 6.10 Å². The lowest BCUT2D eigenvalue weighted by molar-refractivity contribution is -0.167. The molecule has 450 valence electrons. The molecule has 6 heteroatoms. The maximum atomic E-state index is 12.9. The van der Waals surface area contributed by atoms with Crippen molar-refractivity contribution in [2.24, 2.45) is 0 Å². The molecule has 0 aromatic carbocycles. The average molecular weight is 1100 g/mol. The Kier molecular flexibility index (Phi) is 62.4. The zero-order chi connectivity index (χ0) is 57.8. The molecular weight excluding hydrogens is 985 g/mol. The number of carbonyl (C=O) groups excluding carboxylic acids is 3. The van der Waals surface area contributed by atoms with Crippen molar-refractivity contribution >= 4 is 17.9 Å². The number of hydrogen-bond acceptors (Lipinski definition) is 6. The van der Waals surface area contributed by atoms with Crippen LogP contribution < -0.4 is 0 Å². The van der Waals surface area contributed by atoms with E-state index in [-0.39, 0.29) is 31.1 Å². The Balaban J connectivity index is 4.32. The third kappa shape index (κ3) is 63.9. The molecule has 0 aliphatic carbocycles. The fourth-order valence-electron chi connectivity index (χ4n) is 8.43. The normalized spacial score (nSPS) is 13.2. The van der Waals surface area contributed by atoms with Crippen LogP contribution in [0.1, 0.15) is 271 Å². The van der Waals surface area contributed by atoms with Gasteiger partial charge in [-0.3, -0.25) is 14.4 Å². The van der Waals surface area contributed by atoms with Crippen LogP contribution in [-0.2, 0) is 28.6 Å². The molecule has 80 heavy (non-hydrogen) atoms. The summed E-state index contributed by atoms with van der Waals surface area (Å²) in [6.07, 6.45) is 96.8. The molecule has 0 rings (SSSR count). The fourth-order valence-corrected chi connectivity index (χ4v) is 8.43. The Labute approximate surface area is 492 Å². The number of hydrogen-bond donors (Lipinski definition) is 0. The summed E-state index contributed by atoms with van der Waals surface area (Å²) in [5.74, 6) is -0.941. The van der Waals surface area contributed by atoms with Gasteiger partial charge in [0.25, 0.3) is 0 Å². The summed E-state index contributed by atoms with van der Waals surface area (Å²) in [6.45, 7) is 6.34. The van der Waals surface area contributed by atoms with Crippen molar-refractivity contribution in [3.05, 3.63) is 158 Å². The maximum absolute atomic E-state index is 12.9. The van der Waals surface area contributed by atoms with Gasteiger partial charge in [-0.1, -0.05) is 269 Å². The zero-order valence-electron chi connectivity index (χ0n) is 51.5. The molecule has 0 aromatic rings. The van der Waals surface area contributed by atoms with Crippen LogP contribution in [0.2, 0.25) is 0 Å². The summed E-state index contributed by atoms with van der Waals surface area (Å²) in [5.41, 5.74) is 0. The van der Waals surface area contributed by atoms with Gasteiger partial charge in [0.05, 0.1) is 0 Å².